The molecule has 18 heavy (non-hydrogen) atoms. The van der Waals surface area contributed by atoms with E-state index >= 15 is 0 Å². The van der Waals surface area contributed by atoms with Gasteiger partial charge in [0.2, 0.25) is 0 Å². The molecule has 0 saturated heterocycles. The van der Waals surface area contributed by atoms with Crippen LogP contribution in [0.5, 0.6) is 0 Å². The van der Waals surface area contributed by atoms with Crippen LogP contribution in [0, 0.1) is 6.92 Å². The van der Waals surface area contributed by atoms with E-state index in [0.29, 0.717) is 6.04 Å². The largest absolute Gasteiger partial charge is 0.441 e. The van der Waals surface area contributed by atoms with Crippen molar-refractivity contribution in [2.45, 2.75) is 33.2 Å². The number of oxazole rings is 1. The normalized spacial score (nSPS) is 11.4. The molecule has 1 N–H and O–H groups in total. The number of hydrogen-bond acceptors (Lipinski definition) is 4. The van der Waals surface area contributed by atoms with Crippen molar-refractivity contribution < 1.29 is 4.42 Å². The van der Waals surface area contributed by atoms with Gasteiger partial charge < -0.3 is 9.73 Å². The minimum atomic E-state index is 0.486. The summed E-state index contributed by atoms with van der Waals surface area (Å²) < 4.78 is 7.53. The molecule has 0 bridgehead atoms. The van der Waals surface area contributed by atoms with Crippen LogP contribution >= 0.6 is 0 Å². The van der Waals surface area contributed by atoms with Gasteiger partial charge in [-0.3, -0.25) is 4.68 Å². The van der Waals surface area contributed by atoms with E-state index in [0.717, 1.165) is 35.9 Å². The highest BCUT2D eigenvalue weighted by Crippen LogP contribution is 2.22. The van der Waals surface area contributed by atoms with E-state index in [1.807, 2.05) is 20.2 Å². The van der Waals surface area contributed by atoms with Gasteiger partial charge in [0.05, 0.1) is 17.5 Å². The van der Waals surface area contributed by atoms with Crippen LogP contribution in [-0.2, 0) is 13.5 Å². The molecule has 0 amide bonds. The number of hydrogen-bond donors (Lipinski definition) is 1. The molecule has 0 aliphatic rings. The topological polar surface area (TPSA) is 55.9 Å². The molecule has 5 heteroatoms. The zero-order valence-electron chi connectivity index (χ0n) is 11.4. The third-order valence-corrected chi connectivity index (χ3v) is 2.72. The fourth-order valence-electron chi connectivity index (χ4n) is 1.86. The molecule has 2 rings (SSSR count). The third-order valence-electron chi connectivity index (χ3n) is 2.72. The van der Waals surface area contributed by atoms with Gasteiger partial charge in [-0.1, -0.05) is 13.8 Å². The summed E-state index contributed by atoms with van der Waals surface area (Å²) in [7, 11) is 1.90. The Morgan fingerprint density at radius 1 is 1.44 bits per heavy atom. The van der Waals surface area contributed by atoms with Crippen molar-refractivity contribution in [3.8, 4) is 11.3 Å². The molecule has 0 radical (unpaired) electrons. The van der Waals surface area contributed by atoms with Gasteiger partial charge in [-0.2, -0.15) is 5.10 Å². The molecule has 2 aromatic heterocycles. The van der Waals surface area contributed by atoms with Crippen LogP contribution in [0.1, 0.15) is 25.4 Å². The number of nitrogens with one attached hydrogen (secondary N) is 1. The van der Waals surface area contributed by atoms with Crippen LogP contribution in [0.2, 0.25) is 0 Å². The lowest BCUT2D eigenvalue weighted by atomic mass is 10.2. The van der Waals surface area contributed by atoms with Crippen LogP contribution in [0.15, 0.2) is 16.8 Å². The predicted octanol–water partition coefficient (Wildman–Crippen LogP) is 1.92. The summed E-state index contributed by atoms with van der Waals surface area (Å²) in [6, 6.07) is 0.486. The van der Waals surface area contributed by atoms with Gasteiger partial charge in [-0.05, 0) is 6.92 Å². The number of aromatic nitrogens is 3. The fraction of sp³-hybridized carbons (Fsp3) is 0.538. The smallest absolute Gasteiger partial charge is 0.196 e. The van der Waals surface area contributed by atoms with Gasteiger partial charge in [0, 0.05) is 32.3 Å². The van der Waals surface area contributed by atoms with Gasteiger partial charge >= 0.3 is 0 Å². The highest BCUT2D eigenvalue weighted by atomic mass is 16.4. The summed E-state index contributed by atoms with van der Waals surface area (Å²) in [4.78, 5) is 4.30. The molecule has 0 aromatic carbocycles. The Kier molecular flexibility index (Phi) is 3.81. The van der Waals surface area contributed by atoms with Gasteiger partial charge in [0.1, 0.15) is 0 Å². The quantitative estimate of drug-likeness (QED) is 0.878. The molecule has 0 aliphatic carbocycles. The lowest BCUT2D eigenvalue weighted by molar-refractivity contribution is 0.484. The maximum absolute atomic E-state index is 5.74. The summed E-state index contributed by atoms with van der Waals surface area (Å²) in [6.07, 6.45) is 4.53. The van der Waals surface area contributed by atoms with Crippen LogP contribution in [-0.4, -0.2) is 27.4 Å². The summed E-state index contributed by atoms with van der Waals surface area (Å²) in [5, 5.41) is 7.64. The SMILES string of the molecule is Cc1nn(C)cc1-c1cnc(CCNC(C)C)o1. The first-order chi connectivity index (χ1) is 8.56. The number of nitrogens with zero attached hydrogens (tertiary/aromatic N) is 3. The zero-order chi connectivity index (χ0) is 13.1. The first-order valence-electron chi connectivity index (χ1n) is 6.25. The van der Waals surface area contributed by atoms with E-state index < -0.39 is 0 Å². The molecule has 0 saturated carbocycles. The van der Waals surface area contributed by atoms with Crippen molar-refractivity contribution >= 4 is 0 Å². The maximum Gasteiger partial charge on any atom is 0.196 e. The van der Waals surface area contributed by atoms with Gasteiger partial charge in [0.25, 0.3) is 0 Å². The van der Waals surface area contributed by atoms with Crippen molar-refractivity contribution in [1.29, 1.82) is 0 Å². The van der Waals surface area contributed by atoms with Gasteiger partial charge in [0.15, 0.2) is 11.7 Å². The summed E-state index contributed by atoms with van der Waals surface area (Å²) >= 11 is 0. The average molecular weight is 248 g/mol. The van der Waals surface area contributed by atoms with E-state index in [1.165, 1.54) is 0 Å². The summed E-state index contributed by atoms with van der Waals surface area (Å²) in [5.41, 5.74) is 1.97. The minimum absolute atomic E-state index is 0.486. The predicted molar refractivity (Wildman–Crippen MR) is 70.3 cm³/mol. The van der Waals surface area contributed by atoms with E-state index in [1.54, 1.807) is 10.9 Å². The lowest BCUT2D eigenvalue weighted by Crippen LogP contribution is -2.24. The first kappa shape index (κ1) is 12.8. The molecular formula is C13H20N4O. The van der Waals surface area contributed by atoms with Crippen LogP contribution in [0.25, 0.3) is 11.3 Å². The van der Waals surface area contributed by atoms with Crippen molar-refractivity contribution in [2.24, 2.45) is 7.05 Å². The van der Waals surface area contributed by atoms with E-state index in [2.05, 4.69) is 29.2 Å². The zero-order valence-corrected chi connectivity index (χ0v) is 11.4. The van der Waals surface area contributed by atoms with E-state index in [9.17, 15) is 0 Å². The molecule has 0 atom stereocenters. The second-order valence-electron chi connectivity index (χ2n) is 4.78. The van der Waals surface area contributed by atoms with Crippen LogP contribution in [0.3, 0.4) is 0 Å². The Hall–Kier alpha value is -1.62. The molecule has 2 aromatic rings. The fourth-order valence-corrected chi connectivity index (χ4v) is 1.86. The maximum atomic E-state index is 5.74. The molecule has 5 nitrogen and oxygen atoms in total. The van der Waals surface area contributed by atoms with Gasteiger partial charge in [-0.25, -0.2) is 4.98 Å². The van der Waals surface area contributed by atoms with Crippen LogP contribution < -0.4 is 5.32 Å². The average Bonchev–Trinajstić information content (AvgIpc) is 2.85. The Labute approximate surface area is 107 Å². The van der Waals surface area contributed by atoms with Crippen molar-refractivity contribution in [3.05, 3.63) is 24.0 Å². The summed E-state index contributed by atoms with van der Waals surface area (Å²) in [6.45, 7) is 7.10. The third kappa shape index (κ3) is 2.98. The number of aryl methyl sites for hydroxylation is 2. The Bertz CT molecular complexity index is 513. The Morgan fingerprint density at radius 3 is 2.83 bits per heavy atom. The van der Waals surface area contributed by atoms with Crippen molar-refractivity contribution in [3.63, 3.8) is 0 Å². The molecule has 0 spiro atoms. The van der Waals surface area contributed by atoms with E-state index in [4.69, 9.17) is 4.42 Å². The molecular weight excluding hydrogens is 228 g/mol. The Balaban J connectivity index is 2.04. The van der Waals surface area contributed by atoms with Crippen LogP contribution in [0.4, 0.5) is 0 Å². The molecule has 0 unspecified atom stereocenters. The summed E-state index contributed by atoms with van der Waals surface area (Å²) in [5.74, 6) is 1.56. The lowest BCUT2D eigenvalue weighted by Gasteiger charge is -2.05. The number of rotatable bonds is 5. The standard InChI is InChI=1S/C13H20N4O/c1-9(2)14-6-5-13-15-7-12(18-13)11-8-17(4)16-10(11)3/h7-9,14H,5-6H2,1-4H3. The highest BCUT2D eigenvalue weighted by molar-refractivity contribution is 5.58. The molecule has 0 aliphatic heterocycles. The second kappa shape index (κ2) is 5.35. The van der Waals surface area contributed by atoms with Gasteiger partial charge in [-0.15, -0.1) is 0 Å². The van der Waals surface area contributed by atoms with E-state index in [-0.39, 0.29) is 0 Å². The minimum Gasteiger partial charge on any atom is -0.441 e. The molecule has 98 valence electrons. The highest BCUT2D eigenvalue weighted by Gasteiger charge is 2.11. The molecule has 2 heterocycles. The first-order valence-corrected chi connectivity index (χ1v) is 6.25. The monoisotopic (exact) mass is 248 g/mol. The molecule has 0 fully saturated rings. The second-order valence-corrected chi connectivity index (χ2v) is 4.78. The Morgan fingerprint density at radius 2 is 2.22 bits per heavy atom. The van der Waals surface area contributed by atoms with Crippen molar-refractivity contribution in [1.82, 2.24) is 20.1 Å². The van der Waals surface area contributed by atoms with Crippen molar-refractivity contribution in [2.75, 3.05) is 6.54 Å².